The highest BCUT2D eigenvalue weighted by molar-refractivity contribution is 7.89. The van der Waals surface area contributed by atoms with Crippen LogP contribution in [-0.4, -0.2) is 268 Å². The normalized spacial score (nSPS) is 14.8. The maximum absolute atomic E-state index is 13.7. The van der Waals surface area contributed by atoms with Gasteiger partial charge in [-0.25, -0.2) is 13.4 Å². The van der Waals surface area contributed by atoms with Gasteiger partial charge in [0.2, 0.25) is 33.7 Å². The Hall–Kier alpha value is -9.29. The van der Waals surface area contributed by atoms with Crippen LogP contribution in [0.15, 0.2) is 66.2 Å². The number of ether oxygens (including phenoxy) is 1. The van der Waals surface area contributed by atoms with Crippen molar-refractivity contribution < 1.29 is 91.7 Å². The number of carboxylic acids is 5. The van der Waals surface area contributed by atoms with Crippen molar-refractivity contribution in [2.24, 2.45) is 5.92 Å². The highest BCUT2D eigenvalue weighted by Crippen LogP contribution is 2.27. The van der Waals surface area contributed by atoms with Gasteiger partial charge in [-0.05, 0) is 81.0 Å². The zero-order chi connectivity index (χ0) is 68.9. The lowest BCUT2D eigenvalue weighted by molar-refractivity contribution is -0.139. The molecule has 0 saturated carbocycles. The number of aryl methyl sites for hydroxylation is 3. The summed E-state index contributed by atoms with van der Waals surface area (Å²) in [6.45, 7) is 7.38. The second-order valence-electron chi connectivity index (χ2n) is 22.4. The van der Waals surface area contributed by atoms with E-state index < -0.39 is 113 Å². The number of imidazole rings is 1. The molecule has 0 bridgehead atoms. The Morgan fingerprint density at radius 1 is 0.649 bits per heavy atom. The molecule has 2 unspecified atom stereocenters. The number of fused-ring (bicyclic) bond motifs is 1. The first-order valence-electron chi connectivity index (χ1n) is 30.4. The number of aromatic nitrogens is 4. The Kier molecular flexibility index (Phi) is 30.5. The summed E-state index contributed by atoms with van der Waals surface area (Å²) in [5.74, 6) is -10.1. The van der Waals surface area contributed by atoms with E-state index in [1.54, 1.807) is 56.2 Å². The predicted molar refractivity (Wildman–Crippen MR) is 337 cm³/mol. The van der Waals surface area contributed by atoms with Gasteiger partial charge in [0.05, 0.1) is 61.1 Å². The summed E-state index contributed by atoms with van der Waals surface area (Å²) in [7, 11) is -4.48. The van der Waals surface area contributed by atoms with Crippen LogP contribution in [0, 0.1) is 19.8 Å². The fourth-order valence-electron chi connectivity index (χ4n) is 10.2. The molecule has 94 heavy (non-hydrogen) atoms. The second kappa shape index (κ2) is 38.0. The third kappa shape index (κ3) is 26.7. The number of amides is 5. The number of carboxylic acid groups (broad SMARTS) is 5. The zero-order valence-electron chi connectivity index (χ0n) is 52.5. The number of aliphatic hydroxyl groups excluding tert-OH is 1. The van der Waals surface area contributed by atoms with Gasteiger partial charge in [0.1, 0.15) is 17.8 Å². The molecule has 1 aliphatic heterocycles. The monoisotopic (exact) mass is 1340 g/mol. The average Bonchev–Trinajstić information content (AvgIpc) is 0.915. The lowest BCUT2D eigenvalue weighted by atomic mass is 10.0. The Bertz CT molecular complexity index is 3330. The number of carbonyl (C=O) groups is 10. The lowest BCUT2D eigenvalue weighted by Gasteiger charge is -2.33. The van der Waals surface area contributed by atoms with Crippen LogP contribution in [0.3, 0.4) is 0 Å². The van der Waals surface area contributed by atoms with Crippen molar-refractivity contribution in [1.29, 1.82) is 0 Å². The summed E-state index contributed by atoms with van der Waals surface area (Å²) in [5, 5.41) is 79.0. The SMILES string of the molecule is C=C(O)CN1CCN(CC(=O)O)CCN(CC(=O)NC[C@@H](CCC(=O)O)C(=O)NC(CCC(=O)O)C(=O)NCCNC(=O)CCCOc2cc(C)c(S(=O)(=O)NC(CNC(=O)c3ccc4c(cnn4CCCNc4ncc[nH]4)c3)C(=O)O)c(C)c2)CCN(CC(=O)O)CC1. The lowest BCUT2D eigenvalue weighted by Crippen LogP contribution is -2.52. The Labute approximate surface area is 541 Å². The van der Waals surface area contributed by atoms with E-state index in [1.807, 2.05) is 4.90 Å². The smallest absolute Gasteiger partial charge is 0.323 e. The predicted octanol–water partition coefficient (Wildman–Crippen LogP) is -1.16. The van der Waals surface area contributed by atoms with Gasteiger partial charge < -0.3 is 72.3 Å². The van der Waals surface area contributed by atoms with Gasteiger partial charge in [0, 0.05) is 134 Å². The number of benzene rings is 2. The number of nitrogens with one attached hydrogen (secondary N) is 8. The molecular weight excluding hydrogens is 1250 g/mol. The fourth-order valence-corrected chi connectivity index (χ4v) is 11.8. The molecule has 3 atom stereocenters. The number of sulfonamides is 1. The minimum Gasteiger partial charge on any atom is -0.512 e. The number of hydrogen-bond donors (Lipinski definition) is 14. The zero-order valence-corrected chi connectivity index (χ0v) is 53.3. The van der Waals surface area contributed by atoms with Gasteiger partial charge in [0.15, 0.2) is 5.95 Å². The van der Waals surface area contributed by atoms with E-state index in [1.165, 1.54) is 26.0 Å². The van der Waals surface area contributed by atoms with E-state index in [-0.39, 0.29) is 144 Å². The molecule has 1 saturated heterocycles. The minimum absolute atomic E-state index is 0.00347. The van der Waals surface area contributed by atoms with Crippen LogP contribution in [0.5, 0.6) is 5.75 Å². The Morgan fingerprint density at radius 3 is 1.82 bits per heavy atom. The van der Waals surface area contributed by atoms with Crippen LogP contribution >= 0.6 is 0 Å². The van der Waals surface area contributed by atoms with Crippen LogP contribution < -0.4 is 41.4 Å². The molecule has 1 aliphatic rings. The van der Waals surface area contributed by atoms with Crippen LogP contribution in [0.2, 0.25) is 0 Å². The number of aliphatic carboxylic acids is 5. The minimum atomic E-state index is -4.48. The van der Waals surface area contributed by atoms with Gasteiger partial charge >= 0.3 is 29.8 Å². The van der Waals surface area contributed by atoms with Crippen molar-refractivity contribution in [2.75, 3.05) is 123 Å². The molecule has 2 aromatic heterocycles. The molecule has 14 N–H and O–H groups in total. The van der Waals surface area contributed by atoms with Crippen molar-refractivity contribution in [2.45, 2.75) is 82.3 Å². The summed E-state index contributed by atoms with van der Waals surface area (Å²) in [5.41, 5.74) is 1.40. The summed E-state index contributed by atoms with van der Waals surface area (Å²) < 4.78 is 37.1. The molecule has 516 valence electrons. The van der Waals surface area contributed by atoms with Crippen molar-refractivity contribution in [3.8, 4) is 5.75 Å². The van der Waals surface area contributed by atoms with Crippen molar-refractivity contribution in [3.63, 3.8) is 0 Å². The highest BCUT2D eigenvalue weighted by atomic mass is 32.2. The molecule has 5 rings (SSSR count). The molecule has 35 heteroatoms. The summed E-state index contributed by atoms with van der Waals surface area (Å²) in [6, 6.07) is 4.53. The number of rotatable bonds is 39. The van der Waals surface area contributed by atoms with E-state index in [2.05, 4.69) is 58.3 Å². The third-order valence-corrected chi connectivity index (χ3v) is 16.7. The summed E-state index contributed by atoms with van der Waals surface area (Å²) >= 11 is 0. The van der Waals surface area contributed by atoms with E-state index in [4.69, 9.17) is 4.74 Å². The molecule has 2 aromatic carbocycles. The highest BCUT2D eigenvalue weighted by Gasteiger charge is 2.31. The first-order valence-corrected chi connectivity index (χ1v) is 31.9. The molecule has 0 aliphatic carbocycles. The van der Waals surface area contributed by atoms with E-state index in [9.17, 15) is 87.0 Å². The van der Waals surface area contributed by atoms with Gasteiger partial charge in [-0.1, -0.05) is 6.58 Å². The van der Waals surface area contributed by atoms with Crippen molar-refractivity contribution in [1.82, 2.24) is 70.7 Å². The third-order valence-electron chi connectivity index (χ3n) is 14.9. The maximum atomic E-state index is 13.7. The number of aliphatic hydroxyl groups is 1. The first kappa shape index (κ1) is 75.4. The van der Waals surface area contributed by atoms with Crippen LogP contribution in [-0.2, 0) is 59.7 Å². The molecule has 3 heterocycles. The Balaban J connectivity index is 1.07. The number of aromatic amines is 1. The van der Waals surface area contributed by atoms with Gasteiger partial charge in [-0.3, -0.25) is 72.2 Å². The summed E-state index contributed by atoms with van der Waals surface area (Å²) in [6.07, 6.45) is 4.03. The van der Waals surface area contributed by atoms with Crippen LogP contribution in [0.1, 0.15) is 66.4 Å². The van der Waals surface area contributed by atoms with Crippen molar-refractivity contribution >= 4 is 86.3 Å². The standard InChI is InChI=1S/C59H85N15O19S/c1-38-28-44(29-39(2)54(38)94(91,92)69-46(58(89)90)33-66-55(86)41-7-10-47-43(30-41)32-67-74(47)18-5-13-62-59-63-16-17-64-59)93-27-4-6-48(76)60-14-15-61-57(88)45(9-12-51(80)81)68-56(87)42(8-11-50(78)79)31-65-49(77)35-71-21-25-72(36-52(82)83)23-19-70(34-40(3)75)20-24-73(26-22-71)37-53(84)85/h7,10,16-17,28-30,32,42,45-46,69,75H,3-6,8-9,11-15,18-27,31,33-37H2,1-2H3,(H,60,76)(H,61,88)(H,65,77)(H,66,86)(H,68,87)(H,78,79)(H,80,81)(H,82,83)(H,84,85)(H,89,90)(H2,62,63,64)/t42-,45?,46?/m1/s1. The van der Waals surface area contributed by atoms with Crippen molar-refractivity contribution in [3.05, 3.63) is 78.0 Å². The average molecular weight is 1340 g/mol. The van der Waals surface area contributed by atoms with E-state index >= 15 is 0 Å². The molecule has 0 spiro atoms. The second-order valence-corrected chi connectivity index (χ2v) is 24.1. The van der Waals surface area contributed by atoms with Gasteiger partial charge in [0.25, 0.3) is 5.91 Å². The Morgan fingerprint density at radius 2 is 1.24 bits per heavy atom. The largest absolute Gasteiger partial charge is 0.512 e. The number of anilines is 1. The molecular formula is C59H85N15O19S. The number of nitrogens with zero attached hydrogens (tertiary/aromatic N) is 7. The van der Waals surface area contributed by atoms with Gasteiger partial charge in [-0.2, -0.15) is 9.82 Å². The van der Waals surface area contributed by atoms with E-state index in [0.29, 0.717) is 37.5 Å². The maximum Gasteiger partial charge on any atom is 0.323 e. The number of H-pyrrole nitrogens is 1. The fraction of sp³-hybridized carbons (Fsp3) is 0.525. The van der Waals surface area contributed by atoms with Crippen LogP contribution in [0.25, 0.3) is 10.9 Å². The van der Waals surface area contributed by atoms with Gasteiger partial charge in [-0.15, -0.1) is 0 Å². The number of carbonyl (C=O) groups excluding carboxylic acids is 5. The van der Waals surface area contributed by atoms with Crippen LogP contribution in [0.4, 0.5) is 5.95 Å². The molecule has 5 amide bonds. The number of hydrogen-bond acceptors (Lipinski definition) is 21. The molecule has 4 aromatic rings. The molecule has 34 nitrogen and oxygen atoms in total. The first-order chi connectivity index (χ1) is 44.6. The molecule has 1 fully saturated rings. The topological polar surface area (TPSA) is 479 Å². The summed E-state index contributed by atoms with van der Waals surface area (Å²) in [4.78, 5) is 139. The quantitative estimate of drug-likeness (QED) is 0.0185. The van der Waals surface area contributed by atoms with E-state index in [0.717, 1.165) is 11.9 Å². The molecule has 0 radical (unpaired) electrons.